The standard InChI is InChI=1S/C13H15BrF3NO3/c14-10-5-9(1-2-11(10)21-13(15,16)17)6-18-7-12(19)3-4-20-8-12/h1-2,5,18-19H,3-4,6-8H2. The van der Waals surface area contributed by atoms with Crippen LogP contribution in [-0.4, -0.2) is 36.8 Å². The molecule has 21 heavy (non-hydrogen) atoms. The lowest BCUT2D eigenvalue weighted by Crippen LogP contribution is -2.40. The fourth-order valence-electron chi connectivity index (χ4n) is 2.04. The summed E-state index contributed by atoms with van der Waals surface area (Å²) in [5, 5.41) is 13.1. The van der Waals surface area contributed by atoms with E-state index in [0.717, 1.165) is 5.56 Å². The molecule has 1 atom stereocenters. The largest absolute Gasteiger partial charge is 0.573 e. The van der Waals surface area contributed by atoms with Crippen molar-refractivity contribution < 1.29 is 27.8 Å². The van der Waals surface area contributed by atoms with E-state index in [-0.39, 0.29) is 10.2 Å². The Kier molecular flexibility index (Phi) is 5.13. The van der Waals surface area contributed by atoms with Gasteiger partial charge in [-0.25, -0.2) is 0 Å². The summed E-state index contributed by atoms with van der Waals surface area (Å²) in [5.74, 6) is -0.283. The van der Waals surface area contributed by atoms with Crippen molar-refractivity contribution in [3.05, 3.63) is 28.2 Å². The molecular weight excluding hydrogens is 355 g/mol. The van der Waals surface area contributed by atoms with Gasteiger partial charge in [0.2, 0.25) is 0 Å². The average molecular weight is 370 g/mol. The third-order valence-electron chi connectivity index (χ3n) is 3.09. The molecule has 2 rings (SSSR count). The number of ether oxygens (including phenoxy) is 2. The van der Waals surface area contributed by atoms with Crippen LogP contribution in [0.5, 0.6) is 5.75 Å². The van der Waals surface area contributed by atoms with Gasteiger partial charge in [0.1, 0.15) is 11.4 Å². The molecule has 1 heterocycles. The Bertz CT molecular complexity index is 490. The van der Waals surface area contributed by atoms with Crippen LogP contribution in [0.15, 0.2) is 22.7 Å². The van der Waals surface area contributed by atoms with Crippen LogP contribution in [0.1, 0.15) is 12.0 Å². The van der Waals surface area contributed by atoms with E-state index < -0.39 is 12.0 Å². The van der Waals surface area contributed by atoms with Gasteiger partial charge in [0.15, 0.2) is 0 Å². The third-order valence-corrected chi connectivity index (χ3v) is 3.71. The van der Waals surface area contributed by atoms with Crippen molar-refractivity contribution in [3.63, 3.8) is 0 Å². The zero-order chi connectivity index (χ0) is 15.5. The lowest BCUT2D eigenvalue weighted by atomic mass is 10.0. The van der Waals surface area contributed by atoms with Crippen molar-refractivity contribution in [1.29, 1.82) is 0 Å². The van der Waals surface area contributed by atoms with E-state index in [1.54, 1.807) is 6.07 Å². The first-order valence-electron chi connectivity index (χ1n) is 6.32. The molecule has 1 aliphatic heterocycles. The van der Waals surface area contributed by atoms with Crippen LogP contribution < -0.4 is 10.1 Å². The highest BCUT2D eigenvalue weighted by molar-refractivity contribution is 9.10. The van der Waals surface area contributed by atoms with Crippen LogP contribution in [0, 0.1) is 0 Å². The van der Waals surface area contributed by atoms with Crippen LogP contribution in [0.25, 0.3) is 0 Å². The Balaban J connectivity index is 1.88. The van der Waals surface area contributed by atoms with Crippen molar-refractivity contribution in [1.82, 2.24) is 5.32 Å². The number of rotatable bonds is 5. The van der Waals surface area contributed by atoms with Crippen molar-refractivity contribution in [2.45, 2.75) is 24.9 Å². The molecule has 8 heteroatoms. The quantitative estimate of drug-likeness (QED) is 0.837. The molecule has 0 spiro atoms. The van der Waals surface area contributed by atoms with Gasteiger partial charge in [0, 0.05) is 26.1 Å². The predicted molar refractivity (Wildman–Crippen MR) is 72.9 cm³/mol. The maximum atomic E-state index is 12.1. The zero-order valence-corrected chi connectivity index (χ0v) is 12.6. The summed E-state index contributed by atoms with van der Waals surface area (Å²) in [6, 6.07) is 4.33. The summed E-state index contributed by atoms with van der Waals surface area (Å²) < 4.78 is 45.6. The van der Waals surface area contributed by atoms with Gasteiger partial charge in [-0.2, -0.15) is 0 Å². The van der Waals surface area contributed by atoms with Gasteiger partial charge >= 0.3 is 6.36 Å². The molecule has 2 N–H and O–H groups in total. The maximum Gasteiger partial charge on any atom is 0.573 e. The van der Waals surface area contributed by atoms with Gasteiger partial charge in [0.05, 0.1) is 11.1 Å². The minimum Gasteiger partial charge on any atom is -0.405 e. The van der Waals surface area contributed by atoms with Crippen LogP contribution in [0.3, 0.4) is 0 Å². The molecule has 118 valence electrons. The first-order valence-corrected chi connectivity index (χ1v) is 7.12. The number of aliphatic hydroxyl groups is 1. The van der Waals surface area contributed by atoms with Gasteiger partial charge in [-0.15, -0.1) is 13.2 Å². The molecule has 1 aromatic carbocycles. The Morgan fingerprint density at radius 2 is 2.19 bits per heavy atom. The number of hydrogen-bond acceptors (Lipinski definition) is 4. The van der Waals surface area contributed by atoms with E-state index in [1.807, 2.05) is 0 Å². The molecular formula is C13H15BrF3NO3. The Hall–Kier alpha value is -0.830. The fourth-order valence-corrected chi connectivity index (χ4v) is 2.54. The number of alkyl halides is 3. The summed E-state index contributed by atoms with van der Waals surface area (Å²) in [6.07, 6.45) is -4.14. The summed E-state index contributed by atoms with van der Waals surface area (Å²) in [4.78, 5) is 0. The topological polar surface area (TPSA) is 50.7 Å². The van der Waals surface area contributed by atoms with E-state index in [1.165, 1.54) is 12.1 Å². The van der Waals surface area contributed by atoms with E-state index in [9.17, 15) is 18.3 Å². The molecule has 4 nitrogen and oxygen atoms in total. The van der Waals surface area contributed by atoms with Crippen molar-refractivity contribution in [2.24, 2.45) is 0 Å². The maximum absolute atomic E-state index is 12.1. The summed E-state index contributed by atoms with van der Waals surface area (Å²) in [6.45, 7) is 1.62. The molecule has 1 aromatic rings. The van der Waals surface area contributed by atoms with Gasteiger partial charge in [-0.05, 0) is 33.6 Å². The van der Waals surface area contributed by atoms with E-state index in [2.05, 4.69) is 26.0 Å². The molecule has 0 radical (unpaired) electrons. The molecule has 1 fully saturated rings. The Morgan fingerprint density at radius 1 is 1.43 bits per heavy atom. The third kappa shape index (κ3) is 5.14. The Morgan fingerprint density at radius 3 is 2.76 bits per heavy atom. The number of halogens is 4. The molecule has 0 amide bonds. The summed E-state index contributed by atoms with van der Waals surface area (Å²) >= 11 is 3.05. The molecule has 0 bridgehead atoms. The summed E-state index contributed by atoms with van der Waals surface area (Å²) in [7, 11) is 0. The van der Waals surface area contributed by atoms with Gasteiger partial charge < -0.3 is 19.9 Å². The lowest BCUT2D eigenvalue weighted by Gasteiger charge is -2.20. The predicted octanol–water partition coefficient (Wildman–Crippen LogP) is 2.59. The lowest BCUT2D eigenvalue weighted by molar-refractivity contribution is -0.274. The molecule has 0 saturated carbocycles. The molecule has 1 aliphatic rings. The van der Waals surface area contributed by atoms with E-state index in [4.69, 9.17) is 4.74 Å². The first kappa shape index (κ1) is 16.5. The monoisotopic (exact) mass is 369 g/mol. The number of benzene rings is 1. The first-order chi connectivity index (χ1) is 9.77. The van der Waals surface area contributed by atoms with Crippen molar-refractivity contribution in [2.75, 3.05) is 19.8 Å². The smallest absolute Gasteiger partial charge is 0.405 e. The minimum atomic E-state index is -4.71. The van der Waals surface area contributed by atoms with Gasteiger partial charge in [0.25, 0.3) is 0 Å². The van der Waals surface area contributed by atoms with Crippen LogP contribution in [-0.2, 0) is 11.3 Å². The van der Waals surface area contributed by atoms with Gasteiger partial charge in [-0.1, -0.05) is 6.07 Å². The second kappa shape index (κ2) is 6.51. The van der Waals surface area contributed by atoms with E-state index in [0.29, 0.717) is 32.7 Å². The molecule has 0 aliphatic carbocycles. The highest BCUT2D eigenvalue weighted by Gasteiger charge is 2.32. The highest BCUT2D eigenvalue weighted by Crippen LogP contribution is 2.31. The fraction of sp³-hybridized carbons (Fsp3) is 0.538. The van der Waals surface area contributed by atoms with Crippen LogP contribution >= 0.6 is 15.9 Å². The second-order valence-corrected chi connectivity index (χ2v) is 5.80. The van der Waals surface area contributed by atoms with Gasteiger partial charge in [-0.3, -0.25) is 0 Å². The zero-order valence-electron chi connectivity index (χ0n) is 11.0. The normalized spacial score (nSPS) is 22.5. The number of nitrogens with one attached hydrogen (secondary N) is 1. The molecule has 1 unspecified atom stereocenters. The summed E-state index contributed by atoms with van der Waals surface area (Å²) in [5.41, 5.74) is -0.0877. The van der Waals surface area contributed by atoms with Crippen molar-refractivity contribution >= 4 is 15.9 Å². The molecule has 1 saturated heterocycles. The van der Waals surface area contributed by atoms with Crippen LogP contribution in [0.4, 0.5) is 13.2 Å². The Labute approximate surface area is 128 Å². The highest BCUT2D eigenvalue weighted by atomic mass is 79.9. The minimum absolute atomic E-state index is 0.224. The number of hydrogen-bond donors (Lipinski definition) is 2. The van der Waals surface area contributed by atoms with Crippen molar-refractivity contribution in [3.8, 4) is 5.75 Å². The van der Waals surface area contributed by atoms with Crippen LogP contribution in [0.2, 0.25) is 0 Å². The SMILES string of the molecule is OC1(CNCc2ccc(OC(F)(F)F)c(Br)c2)CCOC1. The molecule has 0 aromatic heterocycles. The second-order valence-electron chi connectivity index (χ2n) is 4.94. The van der Waals surface area contributed by atoms with E-state index >= 15 is 0 Å². The average Bonchev–Trinajstić information content (AvgIpc) is 2.78.